The molecule has 1 atom stereocenters. The Morgan fingerprint density at radius 2 is 1.94 bits per heavy atom. The van der Waals surface area contributed by atoms with E-state index in [-0.39, 0.29) is 12.5 Å². The van der Waals surface area contributed by atoms with Crippen molar-refractivity contribution in [2.24, 2.45) is 0 Å². The number of esters is 1. The molecule has 6 heteroatoms. The summed E-state index contributed by atoms with van der Waals surface area (Å²) in [5.74, 6) is 1.08. The number of fused-ring (bicyclic) bond motifs is 1. The van der Waals surface area contributed by atoms with Crippen molar-refractivity contribution in [2.75, 3.05) is 31.2 Å². The van der Waals surface area contributed by atoms with Crippen molar-refractivity contribution in [3.63, 3.8) is 0 Å². The summed E-state index contributed by atoms with van der Waals surface area (Å²) in [4.78, 5) is 18.5. The van der Waals surface area contributed by atoms with Crippen molar-refractivity contribution in [1.82, 2.24) is 9.55 Å². The number of hydrogen-bond acceptors (Lipinski definition) is 5. The number of benzene rings is 1. The van der Waals surface area contributed by atoms with Crippen LogP contribution in [0.5, 0.6) is 5.75 Å². The summed E-state index contributed by atoms with van der Waals surface area (Å²) in [6.07, 6.45) is 15.6. The SMILES string of the molecule is CCCCCCCCCOc1ccc2c(c1)N(CC(=O)OCC)CC2CCn1ccnc1. The number of hydrogen-bond donors (Lipinski definition) is 0. The van der Waals surface area contributed by atoms with Crippen LogP contribution in [0.2, 0.25) is 0 Å². The fourth-order valence-corrected chi connectivity index (χ4v) is 4.43. The highest BCUT2D eigenvalue weighted by molar-refractivity contribution is 5.78. The van der Waals surface area contributed by atoms with Crippen LogP contribution in [0.4, 0.5) is 5.69 Å². The van der Waals surface area contributed by atoms with E-state index in [0.717, 1.165) is 44.0 Å². The summed E-state index contributed by atoms with van der Waals surface area (Å²) in [7, 11) is 0. The molecular formula is C26H39N3O3. The van der Waals surface area contributed by atoms with Crippen LogP contribution in [-0.4, -0.2) is 41.8 Å². The summed E-state index contributed by atoms with van der Waals surface area (Å²) < 4.78 is 13.4. The van der Waals surface area contributed by atoms with Crippen LogP contribution < -0.4 is 9.64 Å². The van der Waals surface area contributed by atoms with Gasteiger partial charge in [-0.15, -0.1) is 0 Å². The lowest BCUT2D eigenvalue weighted by Gasteiger charge is -2.19. The lowest BCUT2D eigenvalue weighted by atomic mass is 9.98. The molecule has 0 saturated carbocycles. The summed E-state index contributed by atoms with van der Waals surface area (Å²) in [6.45, 7) is 7.26. The zero-order chi connectivity index (χ0) is 22.6. The predicted octanol–water partition coefficient (Wildman–Crippen LogP) is 5.57. The Bertz CT molecular complexity index is 807. The van der Waals surface area contributed by atoms with Crippen molar-refractivity contribution < 1.29 is 14.3 Å². The van der Waals surface area contributed by atoms with E-state index in [1.165, 1.54) is 44.1 Å². The molecule has 1 aliphatic rings. The molecule has 0 amide bonds. The number of nitrogens with zero attached hydrogens (tertiary/aromatic N) is 3. The minimum absolute atomic E-state index is 0.178. The monoisotopic (exact) mass is 441 g/mol. The Labute approximate surface area is 192 Å². The molecule has 2 heterocycles. The highest BCUT2D eigenvalue weighted by Crippen LogP contribution is 2.40. The minimum Gasteiger partial charge on any atom is -0.494 e. The molecule has 0 fully saturated rings. The largest absolute Gasteiger partial charge is 0.494 e. The third-order valence-corrected chi connectivity index (χ3v) is 6.16. The van der Waals surface area contributed by atoms with E-state index in [1.54, 1.807) is 0 Å². The van der Waals surface area contributed by atoms with Gasteiger partial charge in [0.1, 0.15) is 12.3 Å². The van der Waals surface area contributed by atoms with Gasteiger partial charge in [0.2, 0.25) is 0 Å². The van der Waals surface area contributed by atoms with Crippen molar-refractivity contribution in [3.05, 3.63) is 42.5 Å². The van der Waals surface area contributed by atoms with E-state index < -0.39 is 0 Å². The first-order valence-electron chi connectivity index (χ1n) is 12.3. The standard InChI is InChI=1S/C26H39N3O3/c1-3-5-6-7-8-9-10-17-32-23-11-12-24-22(13-15-28-16-14-27-21-28)19-29(25(24)18-23)20-26(30)31-4-2/h11-12,14,16,18,21-22H,3-10,13,15,17,19-20H2,1-2H3. The quantitative estimate of drug-likeness (QED) is 0.267. The first-order valence-corrected chi connectivity index (χ1v) is 12.3. The van der Waals surface area contributed by atoms with E-state index >= 15 is 0 Å². The van der Waals surface area contributed by atoms with Gasteiger partial charge < -0.3 is 18.9 Å². The van der Waals surface area contributed by atoms with Crippen LogP contribution in [0.15, 0.2) is 36.9 Å². The fraction of sp³-hybridized carbons (Fsp3) is 0.615. The third kappa shape index (κ3) is 7.28. The van der Waals surface area contributed by atoms with Gasteiger partial charge in [-0.05, 0) is 31.4 Å². The molecule has 3 rings (SSSR count). The second-order valence-electron chi connectivity index (χ2n) is 8.66. The molecule has 2 aromatic rings. The number of aryl methyl sites for hydroxylation is 1. The second-order valence-corrected chi connectivity index (χ2v) is 8.66. The van der Waals surface area contributed by atoms with E-state index in [1.807, 2.05) is 25.6 Å². The number of imidazole rings is 1. The number of carbonyl (C=O) groups excluding carboxylic acids is 1. The Balaban J connectivity index is 1.56. The highest BCUT2D eigenvalue weighted by atomic mass is 16.5. The van der Waals surface area contributed by atoms with Crippen molar-refractivity contribution in [1.29, 1.82) is 0 Å². The van der Waals surface area contributed by atoms with E-state index in [4.69, 9.17) is 9.47 Å². The summed E-state index contributed by atoms with van der Waals surface area (Å²) >= 11 is 0. The third-order valence-electron chi connectivity index (χ3n) is 6.16. The van der Waals surface area contributed by atoms with Gasteiger partial charge in [0.25, 0.3) is 0 Å². The predicted molar refractivity (Wildman–Crippen MR) is 128 cm³/mol. The molecule has 32 heavy (non-hydrogen) atoms. The van der Waals surface area contributed by atoms with Gasteiger partial charge in [-0.1, -0.05) is 51.5 Å². The maximum atomic E-state index is 12.2. The van der Waals surface area contributed by atoms with Gasteiger partial charge in [-0.3, -0.25) is 4.79 Å². The van der Waals surface area contributed by atoms with Crippen molar-refractivity contribution in [2.45, 2.75) is 77.7 Å². The van der Waals surface area contributed by atoms with Crippen LogP contribution in [-0.2, 0) is 16.1 Å². The van der Waals surface area contributed by atoms with Crippen LogP contribution >= 0.6 is 0 Å². The number of carbonyl (C=O) groups is 1. The van der Waals surface area contributed by atoms with Crippen LogP contribution in [0.3, 0.4) is 0 Å². The first kappa shape index (κ1) is 24.1. The molecule has 0 bridgehead atoms. The second kappa shape index (κ2) is 13.1. The first-order chi connectivity index (χ1) is 15.7. The van der Waals surface area contributed by atoms with E-state index in [2.05, 4.69) is 39.6 Å². The number of unbranched alkanes of at least 4 members (excludes halogenated alkanes) is 6. The minimum atomic E-state index is -0.178. The summed E-state index contributed by atoms with van der Waals surface area (Å²) in [5.41, 5.74) is 2.39. The van der Waals surface area contributed by atoms with Gasteiger partial charge in [0, 0.05) is 43.2 Å². The molecule has 1 aromatic heterocycles. The number of aromatic nitrogens is 2. The van der Waals surface area contributed by atoms with Gasteiger partial charge in [0.05, 0.1) is 19.5 Å². The number of rotatable bonds is 15. The van der Waals surface area contributed by atoms with Crippen molar-refractivity contribution in [3.8, 4) is 5.75 Å². The zero-order valence-corrected chi connectivity index (χ0v) is 19.8. The topological polar surface area (TPSA) is 56.6 Å². The molecule has 0 saturated heterocycles. The smallest absolute Gasteiger partial charge is 0.325 e. The lowest BCUT2D eigenvalue weighted by molar-refractivity contribution is -0.141. The fourth-order valence-electron chi connectivity index (χ4n) is 4.43. The average Bonchev–Trinajstić information content (AvgIpc) is 3.42. The molecule has 0 spiro atoms. The maximum absolute atomic E-state index is 12.2. The lowest BCUT2D eigenvalue weighted by Crippen LogP contribution is -2.30. The Hall–Kier alpha value is -2.50. The number of anilines is 1. The molecule has 1 aliphatic heterocycles. The van der Waals surface area contributed by atoms with Gasteiger partial charge in [-0.2, -0.15) is 0 Å². The molecule has 1 aromatic carbocycles. The molecule has 0 radical (unpaired) electrons. The van der Waals surface area contributed by atoms with Gasteiger partial charge in [-0.25, -0.2) is 4.98 Å². The van der Waals surface area contributed by atoms with Gasteiger partial charge in [0.15, 0.2) is 0 Å². The molecule has 6 nitrogen and oxygen atoms in total. The Morgan fingerprint density at radius 3 is 2.69 bits per heavy atom. The molecule has 0 aliphatic carbocycles. The van der Waals surface area contributed by atoms with Gasteiger partial charge >= 0.3 is 5.97 Å². The van der Waals surface area contributed by atoms with Crippen molar-refractivity contribution >= 4 is 11.7 Å². The average molecular weight is 442 g/mol. The molecular weight excluding hydrogens is 402 g/mol. The normalized spacial score (nSPS) is 15.1. The maximum Gasteiger partial charge on any atom is 0.325 e. The van der Waals surface area contributed by atoms with Crippen LogP contribution in [0.1, 0.15) is 76.7 Å². The van der Waals surface area contributed by atoms with E-state index in [9.17, 15) is 4.79 Å². The van der Waals surface area contributed by atoms with Crippen LogP contribution in [0, 0.1) is 0 Å². The summed E-state index contributed by atoms with van der Waals surface area (Å²) in [5, 5.41) is 0. The number of ether oxygens (including phenoxy) is 2. The molecule has 176 valence electrons. The zero-order valence-electron chi connectivity index (χ0n) is 19.8. The van der Waals surface area contributed by atoms with E-state index in [0.29, 0.717) is 12.5 Å². The highest BCUT2D eigenvalue weighted by Gasteiger charge is 2.30. The Kier molecular flexibility index (Phi) is 9.92. The van der Waals surface area contributed by atoms with Crippen LogP contribution in [0.25, 0.3) is 0 Å². The molecule has 0 N–H and O–H groups in total. The Morgan fingerprint density at radius 1 is 1.12 bits per heavy atom. The summed E-state index contributed by atoms with van der Waals surface area (Å²) in [6, 6.07) is 6.37. The molecule has 1 unspecified atom stereocenters.